The Morgan fingerprint density at radius 3 is 2.79 bits per heavy atom. The zero-order valence-corrected chi connectivity index (χ0v) is 11.9. The van der Waals surface area contributed by atoms with Crippen LogP contribution in [-0.4, -0.2) is 14.9 Å². The van der Waals surface area contributed by atoms with E-state index in [9.17, 15) is 10.1 Å². The van der Waals surface area contributed by atoms with Crippen molar-refractivity contribution >= 4 is 27.3 Å². The topological polar surface area (TPSA) is 94.1 Å². The molecule has 2 rings (SSSR count). The van der Waals surface area contributed by atoms with Gasteiger partial charge < -0.3 is 9.73 Å². The average Bonchev–Trinajstić information content (AvgIpc) is 2.67. The summed E-state index contributed by atoms with van der Waals surface area (Å²) in [7, 11) is 0. The lowest BCUT2D eigenvalue weighted by Gasteiger charge is -2.06. The van der Waals surface area contributed by atoms with Crippen molar-refractivity contribution in [2.75, 3.05) is 5.32 Å². The molecule has 0 bridgehead atoms. The first kappa shape index (κ1) is 13.5. The molecule has 0 aliphatic heterocycles. The number of oxazole rings is 1. The highest BCUT2D eigenvalue weighted by Gasteiger charge is 2.17. The predicted molar refractivity (Wildman–Crippen MR) is 71.9 cm³/mol. The van der Waals surface area contributed by atoms with Gasteiger partial charge in [0, 0.05) is 6.20 Å². The first-order valence-corrected chi connectivity index (χ1v) is 6.23. The van der Waals surface area contributed by atoms with E-state index >= 15 is 0 Å². The quantitative estimate of drug-likeness (QED) is 0.685. The molecule has 0 aliphatic rings. The average molecular weight is 327 g/mol. The van der Waals surface area contributed by atoms with Gasteiger partial charge in [0.1, 0.15) is 17.6 Å². The van der Waals surface area contributed by atoms with E-state index < -0.39 is 4.92 Å². The van der Waals surface area contributed by atoms with E-state index in [1.165, 1.54) is 12.4 Å². The molecule has 0 aliphatic carbocycles. The van der Waals surface area contributed by atoms with Gasteiger partial charge >= 0.3 is 5.69 Å². The highest BCUT2D eigenvalue weighted by atomic mass is 79.9. The first-order valence-electron chi connectivity index (χ1n) is 5.43. The maximum Gasteiger partial charge on any atom is 0.311 e. The maximum absolute atomic E-state index is 10.9. The van der Waals surface area contributed by atoms with Crippen molar-refractivity contribution < 1.29 is 9.34 Å². The molecule has 0 atom stereocenters. The number of anilines is 1. The number of nitrogens with zero attached hydrogens (tertiary/aromatic N) is 3. The van der Waals surface area contributed by atoms with Gasteiger partial charge in [-0.15, -0.1) is 0 Å². The fourth-order valence-electron chi connectivity index (χ4n) is 1.52. The van der Waals surface area contributed by atoms with Gasteiger partial charge in [-0.1, -0.05) is 0 Å². The third-order valence-electron chi connectivity index (χ3n) is 2.57. The third-order valence-corrected chi connectivity index (χ3v) is 3.17. The van der Waals surface area contributed by atoms with Crippen molar-refractivity contribution in [3.63, 3.8) is 0 Å². The van der Waals surface area contributed by atoms with Crippen molar-refractivity contribution in [3.8, 4) is 0 Å². The van der Waals surface area contributed by atoms with Crippen LogP contribution in [0.5, 0.6) is 0 Å². The van der Waals surface area contributed by atoms with Gasteiger partial charge in [-0.2, -0.15) is 0 Å². The number of rotatable bonds is 4. The number of hydrogen-bond acceptors (Lipinski definition) is 6. The van der Waals surface area contributed by atoms with Crippen LogP contribution >= 0.6 is 15.9 Å². The second-order valence-electron chi connectivity index (χ2n) is 3.88. The van der Waals surface area contributed by atoms with Crippen LogP contribution in [0.3, 0.4) is 0 Å². The van der Waals surface area contributed by atoms with Crippen molar-refractivity contribution in [3.05, 3.63) is 44.3 Å². The predicted octanol–water partition coefficient (Wildman–Crippen LogP) is 2.97. The number of pyridine rings is 1. The molecule has 0 saturated carbocycles. The number of nitrogens with one attached hydrogen (secondary N) is 1. The van der Waals surface area contributed by atoms with Gasteiger partial charge in [0.05, 0.1) is 21.6 Å². The van der Waals surface area contributed by atoms with E-state index in [4.69, 9.17) is 4.42 Å². The maximum atomic E-state index is 10.9. The molecular formula is C11H11BrN4O3. The molecule has 8 heteroatoms. The number of aryl methyl sites for hydroxylation is 2. The van der Waals surface area contributed by atoms with Gasteiger partial charge in [0.15, 0.2) is 0 Å². The number of hydrogen-bond donors (Lipinski definition) is 1. The van der Waals surface area contributed by atoms with Crippen LogP contribution in [0.4, 0.5) is 11.4 Å². The van der Waals surface area contributed by atoms with E-state index in [1.807, 2.05) is 13.8 Å². The lowest BCUT2D eigenvalue weighted by atomic mass is 10.3. The molecule has 0 radical (unpaired) electrons. The molecule has 0 spiro atoms. The smallest absolute Gasteiger partial charge is 0.311 e. The zero-order valence-electron chi connectivity index (χ0n) is 10.3. The van der Waals surface area contributed by atoms with Crippen LogP contribution in [0.25, 0.3) is 0 Å². The van der Waals surface area contributed by atoms with Gasteiger partial charge in [0.25, 0.3) is 0 Å². The van der Waals surface area contributed by atoms with E-state index in [-0.39, 0.29) is 12.2 Å². The minimum absolute atomic E-state index is 0.102. The van der Waals surface area contributed by atoms with Crippen molar-refractivity contribution in [2.45, 2.75) is 20.4 Å². The Balaban J connectivity index is 2.21. The summed E-state index contributed by atoms with van der Waals surface area (Å²) >= 11 is 3.23. The molecule has 100 valence electrons. The van der Waals surface area contributed by atoms with Gasteiger partial charge in [-0.05, 0) is 29.8 Å². The van der Waals surface area contributed by atoms with Gasteiger partial charge in [-0.3, -0.25) is 15.1 Å². The van der Waals surface area contributed by atoms with Crippen LogP contribution in [0.2, 0.25) is 0 Å². The summed E-state index contributed by atoms with van der Waals surface area (Å²) in [4.78, 5) is 18.4. The Bertz CT molecular complexity index is 607. The lowest BCUT2D eigenvalue weighted by Crippen LogP contribution is -2.04. The number of halogens is 1. The standard InChI is InChI=1S/C11H11BrN4O3/c1-6-7(2)19-10(15-6)5-14-11-8(12)3-13-4-9(11)16(17)18/h3-4H,5H2,1-2H3,(H,13,14). The number of aromatic nitrogens is 2. The molecule has 0 aromatic carbocycles. The normalized spacial score (nSPS) is 10.5. The van der Waals surface area contributed by atoms with E-state index in [2.05, 4.69) is 31.2 Å². The zero-order chi connectivity index (χ0) is 14.0. The number of nitro groups is 1. The summed E-state index contributed by atoms with van der Waals surface area (Å²) in [6, 6.07) is 0. The Hall–Kier alpha value is -1.96. The minimum atomic E-state index is -0.494. The SMILES string of the molecule is Cc1nc(CNc2c(Br)cncc2[N+](=O)[O-])oc1C. The summed E-state index contributed by atoms with van der Waals surface area (Å²) in [5.74, 6) is 1.22. The first-order chi connectivity index (χ1) is 8.99. The summed E-state index contributed by atoms with van der Waals surface area (Å²) in [5, 5.41) is 13.8. The second-order valence-corrected chi connectivity index (χ2v) is 4.73. The van der Waals surface area contributed by atoms with Crippen LogP contribution in [0.15, 0.2) is 21.3 Å². The summed E-state index contributed by atoms with van der Waals surface area (Å²) in [6.07, 6.45) is 2.68. The highest BCUT2D eigenvalue weighted by molar-refractivity contribution is 9.10. The van der Waals surface area contributed by atoms with Crippen molar-refractivity contribution in [1.29, 1.82) is 0 Å². The third kappa shape index (κ3) is 2.90. The molecule has 1 N–H and O–H groups in total. The Morgan fingerprint density at radius 1 is 1.47 bits per heavy atom. The molecule has 2 aromatic heterocycles. The van der Waals surface area contributed by atoms with Crippen molar-refractivity contribution in [2.24, 2.45) is 0 Å². The highest BCUT2D eigenvalue weighted by Crippen LogP contribution is 2.31. The largest absolute Gasteiger partial charge is 0.444 e. The lowest BCUT2D eigenvalue weighted by molar-refractivity contribution is -0.384. The Kier molecular flexibility index (Phi) is 3.79. The summed E-state index contributed by atoms with van der Waals surface area (Å²) in [5.41, 5.74) is 1.06. The molecule has 0 fully saturated rings. The second kappa shape index (κ2) is 5.35. The van der Waals surface area contributed by atoms with E-state index in [1.54, 1.807) is 0 Å². The summed E-state index contributed by atoms with van der Waals surface area (Å²) in [6.45, 7) is 3.92. The van der Waals surface area contributed by atoms with Crippen LogP contribution in [0.1, 0.15) is 17.3 Å². The van der Waals surface area contributed by atoms with Gasteiger partial charge in [0.2, 0.25) is 5.89 Å². The molecule has 2 heterocycles. The van der Waals surface area contributed by atoms with E-state index in [0.29, 0.717) is 16.1 Å². The Labute approximate surface area is 117 Å². The van der Waals surface area contributed by atoms with Crippen molar-refractivity contribution in [1.82, 2.24) is 9.97 Å². The molecule has 7 nitrogen and oxygen atoms in total. The minimum Gasteiger partial charge on any atom is -0.444 e. The van der Waals surface area contributed by atoms with E-state index in [0.717, 1.165) is 11.5 Å². The Morgan fingerprint density at radius 2 is 2.21 bits per heavy atom. The molecule has 0 saturated heterocycles. The monoisotopic (exact) mass is 326 g/mol. The molecule has 0 amide bonds. The fourth-order valence-corrected chi connectivity index (χ4v) is 1.98. The summed E-state index contributed by atoms with van der Waals surface area (Å²) < 4.78 is 5.92. The van der Waals surface area contributed by atoms with Crippen LogP contribution in [-0.2, 0) is 6.54 Å². The molecular weight excluding hydrogens is 316 g/mol. The van der Waals surface area contributed by atoms with Gasteiger partial charge in [-0.25, -0.2) is 4.98 Å². The van der Waals surface area contributed by atoms with Crippen LogP contribution < -0.4 is 5.32 Å². The molecule has 19 heavy (non-hydrogen) atoms. The van der Waals surface area contributed by atoms with Crippen LogP contribution in [0, 0.1) is 24.0 Å². The molecule has 0 unspecified atom stereocenters. The fraction of sp³-hybridized carbons (Fsp3) is 0.273. The molecule has 2 aromatic rings.